The first-order valence-corrected chi connectivity index (χ1v) is 10.6. The Bertz CT molecular complexity index is 1410. The maximum Gasteiger partial charge on any atom is 0.255 e. The van der Waals surface area contributed by atoms with E-state index in [-0.39, 0.29) is 21.8 Å². The van der Waals surface area contributed by atoms with Gasteiger partial charge in [0.2, 0.25) is 0 Å². The van der Waals surface area contributed by atoms with Gasteiger partial charge in [-0.25, -0.2) is 13.8 Å². The van der Waals surface area contributed by atoms with E-state index in [0.29, 0.717) is 29.9 Å². The van der Waals surface area contributed by atoms with Crippen molar-refractivity contribution < 1.29 is 18.4 Å². The third kappa shape index (κ3) is 4.85. The maximum absolute atomic E-state index is 15.3. The number of hydrogen-bond acceptors (Lipinski definition) is 6. The fourth-order valence-corrected chi connectivity index (χ4v) is 3.50. The van der Waals surface area contributed by atoms with Gasteiger partial charge in [-0.3, -0.25) is 14.6 Å². The summed E-state index contributed by atoms with van der Waals surface area (Å²) < 4.78 is 28.7. The number of amides is 1. The summed E-state index contributed by atoms with van der Waals surface area (Å²) in [6, 6.07) is 12.0. The molecule has 4 aromatic rings. The Kier molecular flexibility index (Phi) is 6.76. The zero-order valence-electron chi connectivity index (χ0n) is 17.6. The summed E-state index contributed by atoms with van der Waals surface area (Å²) in [4.78, 5) is 34.3. The number of hydrogen-bond donors (Lipinski definition) is 3. The van der Waals surface area contributed by atoms with E-state index in [1.54, 1.807) is 12.3 Å². The molecule has 0 bridgehead atoms. The molecule has 1 aromatic heterocycles. The van der Waals surface area contributed by atoms with Crippen molar-refractivity contribution in [2.75, 3.05) is 23.7 Å². The highest BCUT2D eigenvalue weighted by molar-refractivity contribution is 6.35. The number of halogens is 3. The molecule has 4 N–H and O–H groups in total. The molecule has 0 spiro atoms. The van der Waals surface area contributed by atoms with Crippen LogP contribution < -0.4 is 16.4 Å². The lowest BCUT2D eigenvalue weighted by molar-refractivity contribution is 0.101. The number of nitrogens with one attached hydrogen (secondary N) is 2. The highest BCUT2D eigenvalue weighted by atomic mass is 35.5. The van der Waals surface area contributed by atoms with Crippen molar-refractivity contribution in [2.45, 2.75) is 0 Å². The second kappa shape index (κ2) is 9.90. The average Bonchev–Trinajstić information content (AvgIpc) is 2.83. The normalized spacial score (nSPS) is 10.8. The molecule has 0 radical (unpaired) electrons. The zero-order valence-corrected chi connectivity index (χ0v) is 18.4. The van der Waals surface area contributed by atoms with Crippen LogP contribution >= 0.6 is 11.6 Å². The number of carbonyl (C=O) groups is 2. The molecule has 0 aliphatic rings. The minimum absolute atomic E-state index is 0.00520. The molecule has 1 heterocycles. The van der Waals surface area contributed by atoms with Gasteiger partial charge in [-0.2, -0.15) is 0 Å². The summed E-state index contributed by atoms with van der Waals surface area (Å²) >= 11 is 6.15. The van der Waals surface area contributed by atoms with Gasteiger partial charge in [0.25, 0.3) is 5.91 Å². The molecule has 0 unspecified atom stereocenters. The van der Waals surface area contributed by atoms with Gasteiger partial charge in [-0.15, -0.1) is 0 Å². The summed E-state index contributed by atoms with van der Waals surface area (Å²) in [6.07, 6.45) is 1.54. The van der Waals surface area contributed by atoms with E-state index in [4.69, 9.17) is 17.3 Å². The van der Waals surface area contributed by atoms with Gasteiger partial charge in [-0.1, -0.05) is 17.7 Å². The largest absolute Gasteiger partial charge is 0.368 e. The number of ketones is 1. The zero-order chi connectivity index (χ0) is 24.2. The molecule has 7 nitrogen and oxygen atoms in total. The highest BCUT2D eigenvalue weighted by Gasteiger charge is 2.22. The molecular formula is C24H18ClF2N5O2. The van der Waals surface area contributed by atoms with Crippen LogP contribution in [0.1, 0.15) is 26.3 Å². The molecule has 10 heteroatoms. The van der Waals surface area contributed by atoms with E-state index in [1.807, 2.05) is 0 Å². The number of nitrogens with zero attached hydrogens (tertiary/aromatic N) is 2. The summed E-state index contributed by atoms with van der Waals surface area (Å²) in [5.74, 6) is -2.58. The molecule has 172 valence electrons. The maximum atomic E-state index is 15.3. The Balaban J connectivity index is 1.66. The van der Waals surface area contributed by atoms with Gasteiger partial charge in [0.05, 0.1) is 33.5 Å². The quantitative estimate of drug-likeness (QED) is 0.337. The predicted molar refractivity (Wildman–Crippen MR) is 126 cm³/mol. The first-order chi connectivity index (χ1) is 16.4. The van der Waals surface area contributed by atoms with Gasteiger partial charge in [0.1, 0.15) is 11.6 Å². The van der Waals surface area contributed by atoms with Gasteiger partial charge in [-0.05, 0) is 48.5 Å². The Morgan fingerprint density at radius 2 is 1.82 bits per heavy atom. The number of rotatable bonds is 7. The number of aromatic nitrogens is 2. The molecule has 0 saturated carbocycles. The second-order valence-electron chi connectivity index (χ2n) is 7.25. The molecule has 0 saturated heterocycles. The summed E-state index contributed by atoms with van der Waals surface area (Å²) in [6.45, 7) is 0.899. The van der Waals surface area contributed by atoms with Crippen molar-refractivity contribution in [1.29, 1.82) is 0 Å². The van der Waals surface area contributed by atoms with Crippen molar-refractivity contribution >= 4 is 45.8 Å². The van der Waals surface area contributed by atoms with E-state index in [9.17, 15) is 14.0 Å². The van der Waals surface area contributed by atoms with Crippen LogP contribution in [-0.4, -0.2) is 34.7 Å². The summed E-state index contributed by atoms with van der Waals surface area (Å²) in [7, 11) is 0. The minimum atomic E-state index is -1.01. The smallest absolute Gasteiger partial charge is 0.255 e. The van der Waals surface area contributed by atoms with E-state index < -0.39 is 28.9 Å². The number of nitrogens with two attached hydrogens (primary N) is 1. The number of anilines is 2. The first kappa shape index (κ1) is 23.2. The number of benzene rings is 3. The standard InChI is InChI=1S/C24H18ClF2N5O2/c25-16-5-7-18(32-24(34)14-2-1-3-15(26)10-14)22(27)21(16)23(33)13-4-6-17-19(11-13)31-20(12-30-17)29-9-8-28/h1-7,10-12H,8-9,28H2,(H,29,31)(H,32,34). The van der Waals surface area contributed by atoms with Gasteiger partial charge in [0.15, 0.2) is 11.6 Å². The SMILES string of the molecule is NCCNc1cnc2ccc(C(=O)c3c(Cl)ccc(NC(=O)c4cccc(F)c4)c3F)cc2n1. The molecule has 0 aliphatic carbocycles. The molecule has 34 heavy (non-hydrogen) atoms. The Labute approximate surface area is 198 Å². The van der Waals surface area contributed by atoms with Crippen LogP contribution in [0.2, 0.25) is 5.02 Å². The topological polar surface area (TPSA) is 110 Å². The third-order valence-corrected chi connectivity index (χ3v) is 5.22. The number of carbonyl (C=O) groups excluding carboxylic acids is 2. The van der Waals surface area contributed by atoms with E-state index >= 15 is 4.39 Å². The fourth-order valence-electron chi connectivity index (χ4n) is 3.26. The molecule has 4 rings (SSSR count). The van der Waals surface area contributed by atoms with E-state index in [2.05, 4.69) is 20.6 Å². The van der Waals surface area contributed by atoms with Crippen molar-refractivity contribution in [3.63, 3.8) is 0 Å². The van der Waals surface area contributed by atoms with Crippen molar-refractivity contribution in [2.24, 2.45) is 5.73 Å². The Morgan fingerprint density at radius 1 is 1.00 bits per heavy atom. The van der Waals surface area contributed by atoms with Crippen LogP contribution in [0.4, 0.5) is 20.3 Å². The third-order valence-electron chi connectivity index (χ3n) is 4.91. The molecular weight excluding hydrogens is 464 g/mol. The fraction of sp³-hybridized carbons (Fsp3) is 0.0833. The lowest BCUT2D eigenvalue weighted by atomic mass is 10.0. The molecule has 0 aliphatic heterocycles. The Morgan fingerprint density at radius 3 is 2.59 bits per heavy atom. The average molecular weight is 482 g/mol. The molecule has 0 fully saturated rings. The van der Waals surface area contributed by atoms with Crippen LogP contribution in [-0.2, 0) is 0 Å². The molecule has 1 amide bonds. The second-order valence-corrected chi connectivity index (χ2v) is 7.66. The minimum Gasteiger partial charge on any atom is -0.368 e. The number of fused-ring (bicyclic) bond motifs is 1. The lowest BCUT2D eigenvalue weighted by Gasteiger charge is -2.12. The van der Waals surface area contributed by atoms with Gasteiger partial charge in [0, 0.05) is 24.2 Å². The first-order valence-electron chi connectivity index (χ1n) is 10.2. The van der Waals surface area contributed by atoms with E-state index in [1.165, 1.54) is 42.5 Å². The van der Waals surface area contributed by atoms with Crippen molar-refractivity contribution in [3.8, 4) is 0 Å². The molecule has 0 atom stereocenters. The monoisotopic (exact) mass is 481 g/mol. The lowest BCUT2D eigenvalue weighted by Crippen LogP contribution is -2.15. The van der Waals surface area contributed by atoms with Gasteiger partial charge < -0.3 is 16.4 Å². The van der Waals surface area contributed by atoms with Crippen LogP contribution in [0.5, 0.6) is 0 Å². The Hall–Kier alpha value is -3.95. The van der Waals surface area contributed by atoms with E-state index in [0.717, 1.165) is 6.07 Å². The van der Waals surface area contributed by atoms with Crippen LogP contribution in [0.15, 0.2) is 60.8 Å². The van der Waals surface area contributed by atoms with Crippen LogP contribution in [0.3, 0.4) is 0 Å². The predicted octanol–water partition coefficient (Wildman–Crippen LogP) is 4.42. The highest BCUT2D eigenvalue weighted by Crippen LogP contribution is 2.29. The summed E-state index contributed by atoms with van der Waals surface area (Å²) in [5.41, 5.74) is 5.88. The summed E-state index contributed by atoms with van der Waals surface area (Å²) in [5, 5.41) is 5.22. The van der Waals surface area contributed by atoms with Crippen LogP contribution in [0.25, 0.3) is 11.0 Å². The van der Waals surface area contributed by atoms with Crippen LogP contribution in [0, 0.1) is 11.6 Å². The van der Waals surface area contributed by atoms with Crippen molar-refractivity contribution in [3.05, 3.63) is 94.1 Å². The van der Waals surface area contributed by atoms with Gasteiger partial charge >= 0.3 is 0 Å². The molecule has 3 aromatic carbocycles. The van der Waals surface area contributed by atoms with Crippen molar-refractivity contribution in [1.82, 2.24) is 9.97 Å².